The average molecular weight is 426 g/mol. The largest absolute Gasteiger partial charge is 0.488 e. The summed E-state index contributed by atoms with van der Waals surface area (Å²) >= 11 is 0. The van der Waals surface area contributed by atoms with E-state index in [1.54, 1.807) is 24.8 Å². The SMILES string of the molecule is CC(C)(C)Oc1ccnc(C#Cc2cncc(C#Cc3cc(OC(C)(C)C)ccn3)c2)c1. The van der Waals surface area contributed by atoms with Gasteiger partial charge in [-0.2, -0.15) is 0 Å². The number of nitrogens with zero attached hydrogens (tertiary/aromatic N) is 3. The lowest BCUT2D eigenvalue weighted by molar-refractivity contribution is 0.130. The molecule has 0 saturated heterocycles. The van der Waals surface area contributed by atoms with Gasteiger partial charge in [-0.25, -0.2) is 9.97 Å². The second kappa shape index (κ2) is 9.54. The van der Waals surface area contributed by atoms with Gasteiger partial charge >= 0.3 is 0 Å². The van der Waals surface area contributed by atoms with Crippen molar-refractivity contribution in [1.29, 1.82) is 0 Å². The van der Waals surface area contributed by atoms with Crippen LogP contribution in [0.15, 0.2) is 55.1 Å². The van der Waals surface area contributed by atoms with Gasteiger partial charge < -0.3 is 9.47 Å². The van der Waals surface area contributed by atoms with Crippen molar-refractivity contribution in [1.82, 2.24) is 15.0 Å². The summed E-state index contributed by atoms with van der Waals surface area (Å²) in [5.41, 5.74) is 2.19. The van der Waals surface area contributed by atoms with Gasteiger partial charge in [0.1, 0.15) is 34.1 Å². The van der Waals surface area contributed by atoms with Crippen LogP contribution in [0, 0.1) is 23.7 Å². The standard InChI is InChI=1S/C27H27N3O2/c1-26(2,3)31-24-11-13-29-22(16-24)9-7-20-15-21(19-28-18-20)8-10-23-17-25(12-14-30-23)32-27(4,5)6/h11-19H,1-6H3. The van der Waals surface area contributed by atoms with E-state index in [0.29, 0.717) is 11.4 Å². The number of rotatable bonds is 2. The molecule has 0 aromatic carbocycles. The first-order chi connectivity index (χ1) is 15.1. The maximum atomic E-state index is 5.87. The van der Waals surface area contributed by atoms with Gasteiger partial charge in [0.25, 0.3) is 0 Å². The van der Waals surface area contributed by atoms with Crippen molar-refractivity contribution in [3.63, 3.8) is 0 Å². The van der Waals surface area contributed by atoms with Crippen molar-refractivity contribution < 1.29 is 9.47 Å². The third-order valence-electron chi connectivity index (χ3n) is 3.72. The molecule has 0 atom stereocenters. The summed E-state index contributed by atoms with van der Waals surface area (Å²) in [5.74, 6) is 13.8. The molecule has 3 heterocycles. The molecule has 0 unspecified atom stereocenters. The first kappa shape index (κ1) is 22.8. The lowest BCUT2D eigenvalue weighted by Crippen LogP contribution is -2.23. The van der Waals surface area contributed by atoms with Crippen LogP contribution in [0.4, 0.5) is 0 Å². The van der Waals surface area contributed by atoms with E-state index in [-0.39, 0.29) is 11.2 Å². The van der Waals surface area contributed by atoms with E-state index in [1.807, 2.05) is 71.9 Å². The topological polar surface area (TPSA) is 57.1 Å². The van der Waals surface area contributed by atoms with E-state index in [0.717, 1.165) is 22.6 Å². The lowest BCUT2D eigenvalue weighted by Gasteiger charge is -2.21. The molecule has 5 heteroatoms. The molecule has 0 spiro atoms. The van der Waals surface area contributed by atoms with Crippen molar-refractivity contribution in [2.45, 2.75) is 52.7 Å². The van der Waals surface area contributed by atoms with E-state index in [9.17, 15) is 0 Å². The molecule has 162 valence electrons. The molecule has 0 aliphatic rings. The summed E-state index contributed by atoms with van der Waals surface area (Å²) in [6.07, 6.45) is 6.78. The molecule has 3 aromatic heterocycles. The quantitative estimate of drug-likeness (QED) is 0.539. The van der Waals surface area contributed by atoms with Gasteiger partial charge in [-0.15, -0.1) is 0 Å². The van der Waals surface area contributed by atoms with Gasteiger partial charge in [0.15, 0.2) is 0 Å². The summed E-state index contributed by atoms with van der Waals surface area (Å²) in [5, 5.41) is 0. The molecule has 0 aliphatic carbocycles. The third kappa shape index (κ3) is 7.78. The minimum atomic E-state index is -0.282. The summed E-state index contributed by atoms with van der Waals surface area (Å²) < 4.78 is 11.7. The minimum absolute atomic E-state index is 0.282. The van der Waals surface area contributed by atoms with Gasteiger partial charge in [0.2, 0.25) is 0 Å². The van der Waals surface area contributed by atoms with E-state index >= 15 is 0 Å². The number of hydrogen-bond donors (Lipinski definition) is 0. The molecular formula is C27H27N3O2. The van der Waals surface area contributed by atoms with Crippen LogP contribution in [0.3, 0.4) is 0 Å². The Kier molecular flexibility index (Phi) is 6.81. The van der Waals surface area contributed by atoms with E-state index < -0.39 is 0 Å². The van der Waals surface area contributed by atoms with Gasteiger partial charge in [0, 0.05) is 48.0 Å². The van der Waals surface area contributed by atoms with Crippen molar-refractivity contribution >= 4 is 0 Å². The van der Waals surface area contributed by atoms with E-state index in [1.165, 1.54) is 0 Å². The van der Waals surface area contributed by atoms with Crippen molar-refractivity contribution in [2.75, 3.05) is 0 Å². The van der Waals surface area contributed by atoms with Gasteiger partial charge in [-0.3, -0.25) is 4.98 Å². The summed E-state index contributed by atoms with van der Waals surface area (Å²) in [6, 6.07) is 9.19. The molecule has 0 aliphatic heterocycles. The molecule has 0 saturated carbocycles. The van der Waals surface area contributed by atoms with Crippen LogP contribution in [0.1, 0.15) is 64.1 Å². The van der Waals surface area contributed by atoms with Crippen LogP contribution in [-0.4, -0.2) is 26.2 Å². The normalized spacial score (nSPS) is 10.9. The number of pyridine rings is 3. The maximum absolute atomic E-state index is 5.87. The molecule has 32 heavy (non-hydrogen) atoms. The Labute approximate surface area is 190 Å². The third-order valence-corrected chi connectivity index (χ3v) is 3.72. The molecule has 3 aromatic rings. The fourth-order valence-corrected chi connectivity index (χ4v) is 2.64. The predicted octanol–water partition coefficient (Wildman–Crippen LogP) is 5.03. The van der Waals surface area contributed by atoms with Gasteiger partial charge in [0.05, 0.1) is 0 Å². The van der Waals surface area contributed by atoms with Crippen LogP contribution < -0.4 is 9.47 Å². The van der Waals surface area contributed by atoms with E-state index in [4.69, 9.17) is 9.47 Å². The molecule has 0 amide bonds. The molecule has 0 bridgehead atoms. The Balaban J connectivity index is 1.76. The highest BCUT2D eigenvalue weighted by molar-refractivity contribution is 5.46. The predicted molar refractivity (Wildman–Crippen MR) is 125 cm³/mol. The monoisotopic (exact) mass is 425 g/mol. The molecular weight excluding hydrogens is 398 g/mol. The zero-order chi connectivity index (χ0) is 23.2. The Morgan fingerprint density at radius 3 is 1.47 bits per heavy atom. The second-order valence-electron chi connectivity index (χ2n) is 9.14. The van der Waals surface area contributed by atoms with Crippen molar-refractivity contribution in [2.24, 2.45) is 0 Å². The zero-order valence-electron chi connectivity index (χ0n) is 19.4. The first-order valence-electron chi connectivity index (χ1n) is 10.3. The average Bonchev–Trinajstić information content (AvgIpc) is 2.69. The summed E-state index contributed by atoms with van der Waals surface area (Å²) in [6.45, 7) is 12.0. The Hall–Kier alpha value is -3.83. The van der Waals surface area contributed by atoms with Crippen LogP contribution >= 0.6 is 0 Å². The highest BCUT2D eigenvalue weighted by Crippen LogP contribution is 2.18. The summed E-state index contributed by atoms with van der Waals surface area (Å²) in [7, 11) is 0. The number of ether oxygens (including phenoxy) is 2. The van der Waals surface area contributed by atoms with Crippen LogP contribution in [0.2, 0.25) is 0 Å². The first-order valence-corrected chi connectivity index (χ1v) is 10.3. The molecule has 3 rings (SSSR count). The Morgan fingerprint density at radius 1 is 0.625 bits per heavy atom. The van der Waals surface area contributed by atoms with Crippen LogP contribution in [0.25, 0.3) is 0 Å². The molecule has 0 N–H and O–H groups in total. The van der Waals surface area contributed by atoms with Crippen molar-refractivity contribution in [3.05, 3.63) is 77.6 Å². The highest BCUT2D eigenvalue weighted by atomic mass is 16.5. The minimum Gasteiger partial charge on any atom is -0.488 e. The smallest absolute Gasteiger partial charge is 0.124 e. The Morgan fingerprint density at radius 2 is 1.06 bits per heavy atom. The van der Waals surface area contributed by atoms with Crippen LogP contribution in [0.5, 0.6) is 11.5 Å². The van der Waals surface area contributed by atoms with Gasteiger partial charge in [-0.05, 0) is 71.6 Å². The van der Waals surface area contributed by atoms with Gasteiger partial charge in [-0.1, -0.05) is 11.8 Å². The molecule has 0 radical (unpaired) electrons. The fourth-order valence-electron chi connectivity index (χ4n) is 2.64. The maximum Gasteiger partial charge on any atom is 0.124 e. The fraction of sp³-hybridized carbons (Fsp3) is 0.296. The Bertz CT molecular complexity index is 1120. The second-order valence-corrected chi connectivity index (χ2v) is 9.14. The number of hydrogen-bond acceptors (Lipinski definition) is 5. The molecule has 5 nitrogen and oxygen atoms in total. The summed E-state index contributed by atoms with van der Waals surface area (Å²) in [4.78, 5) is 12.8. The lowest BCUT2D eigenvalue weighted by atomic mass is 10.2. The van der Waals surface area contributed by atoms with E-state index in [2.05, 4.69) is 38.6 Å². The highest BCUT2D eigenvalue weighted by Gasteiger charge is 2.12. The van der Waals surface area contributed by atoms with Crippen LogP contribution in [-0.2, 0) is 0 Å². The molecule has 0 fully saturated rings. The number of aromatic nitrogens is 3. The van der Waals surface area contributed by atoms with Crippen molar-refractivity contribution in [3.8, 4) is 35.2 Å². The zero-order valence-corrected chi connectivity index (χ0v) is 19.4.